The molecule has 0 aliphatic carbocycles. The highest BCUT2D eigenvalue weighted by atomic mass is 16.7. The zero-order valence-corrected chi connectivity index (χ0v) is 16.7. The minimum Gasteiger partial charge on any atom is -0.454 e. The fourth-order valence-electron chi connectivity index (χ4n) is 2.95. The molecule has 0 saturated heterocycles. The summed E-state index contributed by atoms with van der Waals surface area (Å²) in [6, 6.07) is 9.06. The molecule has 31 heavy (non-hydrogen) atoms. The molecule has 10 nitrogen and oxygen atoms in total. The highest BCUT2D eigenvalue weighted by Crippen LogP contribution is 2.38. The van der Waals surface area contributed by atoms with Gasteiger partial charge in [-0.15, -0.1) is 0 Å². The quantitative estimate of drug-likeness (QED) is 0.212. The standard InChI is InChI=1S/C21H20N2O8/c1-13(24)22-8-2-3-14-4-6-15(7-5-14)18(25)11-29-21(26)16-9-19-20(31-12-30-19)10-17(16)23(27)28/h4-7,9-10H,2-3,8,11-12H2,1H3,(H,22,24). The molecule has 0 atom stereocenters. The van der Waals surface area contributed by atoms with Gasteiger partial charge in [-0.05, 0) is 18.4 Å². The molecule has 0 fully saturated rings. The van der Waals surface area contributed by atoms with Crippen LogP contribution in [0.15, 0.2) is 36.4 Å². The van der Waals surface area contributed by atoms with Crippen LogP contribution < -0.4 is 14.8 Å². The normalized spacial score (nSPS) is 11.6. The Morgan fingerprint density at radius 1 is 1.13 bits per heavy atom. The van der Waals surface area contributed by atoms with Crippen molar-refractivity contribution in [2.75, 3.05) is 19.9 Å². The van der Waals surface area contributed by atoms with Gasteiger partial charge in [0, 0.05) is 25.1 Å². The Kier molecular flexibility index (Phi) is 6.81. The number of nitrogens with zero attached hydrogens (tertiary/aromatic N) is 1. The average molecular weight is 428 g/mol. The summed E-state index contributed by atoms with van der Waals surface area (Å²) >= 11 is 0. The van der Waals surface area contributed by atoms with E-state index in [1.165, 1.54) is 13.0 Å². The van der Waals surface area contributed by atoms with E-state index in [1.807, 2.05) is 0 Å². The van der Waals surface area contributed by atoms with E-state index in [4.69, 9.17) is 14.2 Å². The molecule has 0 spiro atoms. The first kappa shape index (κ1) is 21.8. The molecule has 0 saturated carbocycles. The lowest BCUT2D eigenvalue weighted by Crippen LogP contribution is -2.21. The Labute approximate surface area is 177 Å². The number of esters is 1. The number of nitro benzene ring substituents is 1. The summed E-state index contributed by atoms with van der Waals surface area (Å²) in [5.74, 6) is -1.18. The molecular weight excluding hydrogens is 408 g/mol. The minimum atomic E-state index is -1.01. The Morgan fingerprint density at radius 2 is 1.81 bits per heavy atom. The maximum Gasteiger partial charge on any atom is 0.345 e. The second-order valence-electron chi connectivity index (χ2n) is 6.76. The van der Waals surface area contributed by atoms with Crippen molar-refractivity contribution in [1.82, 2.24) is 5.32 Å². The largest absolute Gasteiger partial charge is 0.454 e. The van der Waals surface area contributed by atoms with Crippen molar-refractivity contribution in [3.8, 4) is 11.5 Å². The lowest BCUT2D eigenvalue weighted by Gasteiger charge is -2.07. The zero-order valence-electron chi connectivity index (χ0n) is 16.7. The molecule has 2 aromatic carbocycles. The molecule has 1 aliphatic heterocycles. The highest BCUT2D eigenvalue weighted by Gasteiger charge is 2.28. The van der Waals surface area contributed by atoms with Crippen LogP contribution in [-0.2, 0) is 16.0 Å². The van der Waals surface area contributed by atoms with Crippen molar-refractivity contribution in [3.05, 3.63) is 63.2 Å². The number of benzene rings is 2. The number of ether oxygens (including phenoxy) is 3. The Morgan fingerprint density at radius 3 is 2.45 bits per heavy atom. The van der Waals surface area contributed by atoms with Gasteiger partial charge in [0.25, 0.3) is 5.69 Å². The summed E-state index contributed by atoms with van der Waals surface area (Å²) in [5, 5.41) is 14.0. The number of carbonyl (C=O) groups is 3. The summed E-state index contributed by atoms with van der Waals surface area (Å²) in [4.78, 5) is 46.1. The molecule has 1 aliphatic rings. The minimum absolute atomic E-state index is 0.0819. The number of Topliss-reactive ketones (excluding diaryl/α,β-unsaturated/α-hetero) is 1. The SMILES string of the molecule is CC(=O)NCCCc1ccc(C(=O)COC(=O)c2cc3c(cc2[N+](=O)[O-])OCO3)cc1. The molecule has 162 valence electrons. The lowest BCUT2D eigenvalue weighted by atomic mass is 10.1. The van der Waals surface area contributed by atoms with Crippen LogP contribution in [0.25, 0.3) is 0 Å². The summed E-state index contributed by atoms with van der Waals surface area (Å²) < 4.78 is 15.2. The molecule has 0 aromatic heterocycles. The van der Waals surface area contributed by atoms with E-state index in [0.717, 1.165) is 24.5 Å². The monoisotopic (exact) mass is 428 g/mol. The van der Waals surface area contributed by atoms with E-state index < -0.39 is 29.0 Å². The van der Waals surface area contributed by atoms with Crippen molar-refractivity contribution >= 4 is 23.3 Å². The summed E-state index contributed by atoms with van der Waals surface area (Å²) in [6.45, 7) is 1.36. The van der Waals surface area contributed by atoms with Crippen LogP contribution >= 0.6 is 0 Å². The molecule has 0 bridgehead atoms. The molecule has 3 rings (SSSR count). The molecule has 1 amide bonds. The van der Waals surface area contributed by atoms with Crippen LogP contribution in [0.3, 0.4) is 0 Å². The molecule has 10 heteroatoms. The first-order valence-electron chi connectivity index (χ1n) is 9.47. The number of nitro groups is 1. The third-order valence-electron chi connectivity index (χ3n) is 4.53. The lowest BCUT2D eigenvalue weighted by molar-refractivity contribution is -0.385. The van der Waals surface area contributed by atoms with E-state index in [1.54, 1.807) is 24.3 Å². The van der Waals surface area contributed by atoms with Crippen molar-refractivity contribution in [2.45, 2.75) is 19.8 Å². The third kappa shape index (κ3) is 5.56. The molecular formula is C21H20N2O8. The van der Waals surface area contributed by atoms with E-state index in [9.17, 15) is 24.5 Å². The van der Waals surface area contributed by atoms with Gasteiger partial charge in [-0.2, -0.15) is 0 Å². The fourth-order valence-corrected chi connectivity index (χ4v) is 2.95. The summed E-state index contributed by atoms with van der Waals surface area (Å²) in [7, 11) is 0. The molecule has 1 N–H and O–H groups in total. The number of nitrogens with one attached hydrogen (secondary N) is 1. The zero-order chi connectivity index (χ0) is 22.4. The van der Waals surface area contributed by atoms with Crippen LogP contribution in [0.1, 0.15) is 39.6 Å². The molecule has 1 heterocycles. The summed E-state index contributed by atoms with van der Waals surface area (Å²) in [6.07, 6.45) is 1.50. The van der Waals surface area contributed by atoms with Gasteiger partial charge in [0.15, 0.2) is 23.9 Å². The summed E-state index contributed by atoms with van der Waals surface area (Å²) in [5.41, 5.74) is 0.523. The Balaban J connectivity index is 1.58. The van der Waals surface area contributed by atoms with Gasteiger partial charge < -0.3 is 19.5 Å². The maximum absolute atomic E-state index is 12.3. The Hall–Kier alpha value is -3.95. The van der Waals surface area contributed by atoms with Gasteiger partial charge in [-0.25, -0.2) is 4.79 Å². The number of carbonyl (C=O) groups excluding carboxylic acids is 3. The van der Waals surface area contributed by atoms with E-state index in [-0.39, 0.29) is 29.8 Å². The van der Waals surface area contributed by atoms with Crippen molar-refractivity contribution in [3.63, 3.8) is 0 Å². The van der Waals surface area contributed by atoms with Crippen molar-refractivity contribution in [1.29, 1.82) is 0 Å². The van der Waals surface area contributed by atoms with E-state index >= 15 is 0 Å². The predicted octanol–water partition coefficient (Wildman–Crippen LogP) is 2.43. The number of fused-ring (bicyclic) bond motifs is 1. The second-order valence-corrected chi connectivity index (χ2v) is 6.76. The van der Waals surface area contributed by atoms with Crippen LogP contribution in [0.2, 0.25) is 0 Å². The van der Waals surface area contributed by atoms with Crippen LogP contribution in [0.4, 0.5) is 5.69 Å². The van der Waals surface area contributed by atoms with Gasteiger partial charge in [-0.3, -0.25) is 19.7 Å². The van der Waals surface area contributed by atoms with Crippen molar-refractivity contribution < 1.29 is 33.5 Å². The smallest absolute Gasteiger partial charge is 0.345 e. The number of ketones is 1. The van der Waals surface area contributed by atoms with Gasteiger partial charge in [-0.1, -0.05) is 24.3 Å². The van der Waals surface area contributed by atoms with Gasteiger partial charge in [0.1, 0.15) is 5.56 Å². The van der Waals surface area contributed by atoms with E-state index in [2.05, 4.69) is 5.32 Å². The first-order chi connectivity index (χ1) is 14.8. The van der Waals surface area contributed by atoms with Gasteiger partial charge in [0.2, 0.25) is 12.7 Å². The first-order valence-corrected chi connectivity index (χ1v) is 9.47. The van der Waals surface area contributed by atoms with Crippen LogP contribution in [0.5, 0.6) is 11.5 Å². The van der Waals surface area contributed by atoms with Gasteiger partial charge >= 0.3 is 5.97 Å². The molecule has 0 unspecified atom stereocenters. The van der Waals surface area contributed by atoms with Crippen molar-refractivity contribution in [2.24, 2.45) is 0 Å². The number of hydrogen-bond acceptors (Lipinski definition) is 8. The van der Waals surface area contributed by atoms with Crippen LogP contribution in [-0.4, -0.2) is 42.5 Å². The molecule has 2 aromatic rings. The number of hydrogen-bond donors (Lipinski definition) is 1. The fraction of sp³-hybridized carbons (Fsp3) is 0.286. The number of rotatable bonds is 9. The third-order valence-corrected chi connectivity index (χ3v) is 4.53. The number of aryl methyl sites for hydroxylation is 1. The average Bonchev–Trinajstić information content (AvgIpc) is 3.21. The van der Waals surface area contributed by atoms with Gasteiger partial charge in [0.05, 0.1) is 11.0 Å². The highest BCUT2D eigenvalue weighted by molar-refractivity contribution is 6.00. The van der Waals surface area contributed by atoms with Crippen LogP contribution in [0, 0.1) is 10.1 Å². The Bertz CT molecular complexity index is 1020. The maximum atomic E-state index is 12.3. The van der Waals surface area contributed by atoms with E-state index in [0.29, 0.717) is 12.1 Å². The second kappa shape index (κ2) is 9.70. The number of amides is 1. The topological polar surface area (TPSA) is 134 Å². The predicted molar refractivity (Wildman–Crippen MR) is 107 cm³/mol. The molecule has 0 radical (unpaired) electrons.